The molecule has 14 heavy (non-hydrogen) atoms. The average molecular weight is 208 g/mol. The summed E-state index contributed by atoms with van der Waals surface area (Å²) in [5.41, 5.74) is -0.244. The Morgan fingerprint density at radius 1 is 1.21 bits per heavy atom. The van der Waals surface area contributed by atoms with Crippen LogP contribution >= 0.6 is 0 Å². The van der Waals surface area contributed by atoms with Gasteiger partial charge in [-0.3, -0.25) is 0 Å². The van der Waals surface area contributed by atoms with Crippen LogP contribution in [-0.4, -0.2) is 11.3 Å². The van der Waals surface area contributed by atoms with Crippen molar-refractivity contribution >= 4 is 0 Å². The average Bonchev–Trinajstić information content (AvgIpc) is 2.11. The lowest BCUT2D eigenvalue weighted by Gasteiger charge is -2.16. The summed E-state index contributed by atoms with van der Waals surface area (Å²) in [6.07, 6.45) is -2.83. The lowest BCUT2D eigenvalue weighted by Crippen LogP contribution is -2.15. The van der Waals surface area contributed by atoms with Crippen LogP contribution in [0.5, 0.6) is 0 Å². The van der Waals surface area contributed by atoms with E-state index in [1.54, 1.807) is 6.92 Å². The molecule has 4 heteroatoms. The summed E-state index contributed by atoms with van der Waals surface area (Å²) in [5.74, 6) is -0.548. The van der Waals surface area contributed by atoms with Crippen LogP contribution < -0.4 is 0 Å². The summed E-state index contributed by atoms with van der Waals surface area (Å²) < 4.78 is 36.3. The van der Waals surface area contributed by atoms with Crippen molar-refractivity contribution in [3.63, 3.8) is 0 Å². The summed E-state index contributed by atoms with van der Waals surface area (Å²) in [6, 6.07) is 0. The highest BCUT2D eigenvalue weighted by molar-refractivity contribution is 5.33. The van der Waals surface area contributed by atoms with E-state index >= 15 is 0 Å². The minimum absolute atomic E-state index is 0.0944. The molecule has 1 aliphatic carbocycles. The van der Waals surface area contributed by atoms with Gasteiger partial charge in [-0.2, -0.15) is 13.2 Å². The molecule has 0 unspecified atom stereocenters. The molecule has 0 aromatic rings. The number of hydrogen-bond acceptors (Lipinski definition) is 1. The van der Waals surface area contributed by atoms with Crippen LogP contribution in [0.2, 0.25) is 0 Å². The second-order valence-corrected chi connectivity index (χ2v) is 2.85. The van der Waals surface area contributed by atoms with Gasteiger partial charge in [-0.15, -0.1) is 0 Å². The Morgan fingerprint density at radius 3 is 2.07 bits per heavy atom. The summed E-state index contributed by atoms with van der Waals surface area (Å²) >= 11 is 0. The molecule has 0 aliphatic heterocycles. The summed E-state index contributed by atoms with van der Waals surface area (Å²) in [4.78, 5) is 0. The number of halogens is 3. The third-order valence-electron chi connectivity index (χ3n) is 1.76. The summed E-state index contributed by atoms with van der Waals surface area (Å²) in [5, 5.41) is 8.94. The zero-order valence-electron chi connectivity index (χ0n) is 8.57. The quantitative estimate of drug-likeness (QED) is 0.634. The van der Waals surface area contributed by atoms with Gasteiger partial charge in [0.1, 0.15) is 5.76 Å². The third-order valence-corrected chi connectivity index (χ3v) is 1.76. The van der Waals surface area contributed by atoms with Crippen LogP contribution in [0.1, 0.15) is 33.6 Å². The van der Waals surface area contributed by atoms with E-state index in [4.69, 9.17) is 5.11 Å². The van der Waals surface area contributed by atoms with Gasteiger partial charge in [0.25, 0.3) is 0 Å². The van der Waals surface area contributed by atoms with Gasteiger partial charge in [-0.05, 0) is 19.4 Å². The Bertz CT molecular complexity index is 249. The minimum Gasteiger partial charge on any atom is -0.512 e. The molecule has 1 nitrogen and oxygen atoms in total. The molecule has 0 fully saturated rings. The second-order valence-electron chi connectivity index (χ2n) is 2.85. The van der Waals surface area contributed by atoms with E-state index < -0.39 is 17.5 Å². The first-order chi connectivity index (χ1) is 6.41. The lowest BCUT2D eigenvalue weighted by atomic mass is 9.99. The third kappa shape index (κ3) is 3.44. The molecule has 0 saturated heterocycles. The molecule has 1 rings (SSSR count). The largest absolute Gasteiger partial charge is 0.512 e. The Hall–Kier alpha value is -0.930. The lowest BCUT2D eigenvalue weighted by molar-refractivity contribution is -0.0914. The molecular weight excluding hydrogens is 193 g/mol. The first-order valence-electron chi connectivity index (χ1n) is 4.58. The van der Waals surface area contributed by atoms with Gasteiger partial charge in [-0.25, -0.2) is 0 Å². The summed E-state index contributed by atoms with van der Waals surface area (Å²) in [7, 11) is 0. The first-order valence-corrected chi connectivity index (χ1v) is 4.58. The van der Waals surface area contributed by atoms with Crippen molar-refractivity contribution in [3.8, 4) is 0 Å². The molecule has 0 aromatic carbocycles. The minimum atomic E-state index is -4.42. The smallest absolute Gasteiger partial charge is 0.419 e. The van der Waals surface area contributed by atoms with Crippen molar-refractivity contribution in [2.75, 3.05) is 0 Å². The zero-order chi connectivity index (χ0) is 11.4. The highest BCUT2D eigenvalue weighted by Gasteiger charge is 2.36. The molecule has 82 valence electrons. The van der Waals surface area contributed by atoms with Crippen molar-refractivity contribution in [2.24, 2.45) is 0 Å². The standard InChI is InChI=1S/C8H9F3O.C2H6/c1-5-2-3-7(12)6(4-5)8(9,10)11;1-2/h4,12H,2-3H2,1H3;1-2H3. The fraction of sp³-hybridized carbons (Fsp3) is 0.600. The Labute approximate surface area is 81.9 Å². The molecule has 0 bridgehead atoms. The van der Waals surface area contributed by atoms with Crippen molar-refractivity contribution < 1.29 is 18.3 Å². The number of aliphatic hydroxyl groups is 1. The number of rotatable bonds is 0. The van der Waals surface area contributed by atoms with Crippen LogP contribution in [0.3, 0.4) is 0 Å². The highest BCUT2D eigenvalue weighted by atomic mass is 19.4. The van der Waals surface area contributed by atoms with Gasteiger partial charge >= 0.3 is 6.18 Å². The fourth-order valence-corrected chi connectivity index (χ4v) is 1.10. The van der Waals surface area contributed by atoms with Crippen LogP contribution in [0.15, 0.2) is 23.0 Å². The van der Waals surface area contributed by atoms with E-state index in [1.165, 1.54) is 0 Å². The van der Waals surface area contributed by atoms with Gasteiger partial charge in [-0.1, -0.05) is 19.4 Å². The van der Waals surface area contributed by atoms with E-state index in [-0.39, 0.29) is 6.42 Å². The van der Waals surface area contributed by atoms with Crippen LogP contribution in [0.4, 0.5) is 13.2 Å². The predicted molar refractivity (Wildman–Crippen MR) is 50.0 cm³/mol. The molecule has 0 spiro atoms. The van der Waals surface area contributed by atoms with E-state index in [2.05, 4.69) is 0 Å². The molecule has 1 N–H and O–H groups in total. The van der Waals surface area contributed by atoms with Gasteiger partial charge in [0.15, 0.2) is 0 Å². The van der Waals surface area contributed by atoms with Crippen LogP contribution in [-0.2, 0) is 0 Å². The Balaban J connectivity index is 0.000000791. The van der Waals surface area contributed by atoms with Crippen molar-refractivity contribution in [1.82, 2.24) is 0 Å². The fourth-order valence-electron chi connectivity index (χ4n) is 1.10. The molecule has 0 heterocycles. The molecule has 0 radical (unpaired) electrons. The molecule has 0 amide bonds. The zero-order valence-corrected chi connectivity index (χ0v) is 8.57. The molecule has 0 aromatic heterocycles. The second kappa shape index (κ2) is 5.08. The number of hydrogen-bond donors (Lipinski definition) is 1. The van der Waals surface area contributed by atoms with Gasteiger partial charge < -0.3 is 5.11 Å². The predicted octanol–water partition coefficient (Wildman–Crippen LogP) is 4.13. The van der Waals surface area contributed by atoms with E-state index in [1.807, 2.05) is 13.8 Å². The number of aliphatic hydroxyl groups excluding tert-OH is 1. The monoisotopic (exact) mass is 208 g/mol. The topological polar surface area (TPSA) is 20.2 Å². The SMILES string of the molecule is CC.CC1=CC(C(F)(F)F)=C(O)CC1. The van der Waals surface area contributed by atoms with Crippen molar-refractivity contribution in [1.29, 1.82) is 0 Å². The van der Waals surface area contributed by atoms with E-state index in [9.17, 15) is 13.2 Å². The first kappa shape index (κ1) is 13.1. The molecule has 0 saturated carbocycles. The van der Waals surface area contributed by atoms with Gasteiger partial charge in [0, 0.05) is 6.42 Å². The van der Waals surface area contributed by atoms with Crippen molar-refractivity contribution in [2.45, 2.75) is 39.8 Å². The summed E-state index contributed by atoms with van der Waals surface area (Å²) in [6.45, 7) is 5.62. The Morgan fingerprint density at radius 2 is 1.71 bits per heavy atom. The molecule has 0 atom stereocenters. The van der Waals surface area contributed by atoms with Gasteiger partial charge in [0.05, 0.1) is 5.57 Å². The van der Waals surface area contributed by atoms with E-state index in [0.29, 0.717) is 12.0 Å². The van der Waals surface area contributed by atoms with Crippen LogP contribution in [0.25, 0.3) is 0 Å². The van der Waals surface area contributed by atoms with Crippen molar-refractivity contribution in [3.05, 3.63) is 23.0 Å². The number of alkyl halides is 3. The maximum absolute atomic E-state index is 12.1. The van der Waals surface area contributed by atoms with E-state index in [0.717, 1.165) is 6.08 Å². The maximum atomic E-state index is 12.1. The maximum Gasteiger partial charge on any atom is 0.419 e. The van der Waals surface area contributed by atoms with Crippen LogP contribution in [0, 0.1) is 0 Å². The highest BCUT2D eigenvalue weighted by Crippen LogP contribution is 2.34. The van der Waals surface area contributed by atoms with Gasteiger partial charge in [0.2, 0.25) is 0 Å². The normalized spacial score (nSPS) is 17.1. The number of allylic oxidation sites excluding steroid dienone is 4. The Kier molecular flexibility index (Phi) is 4.74. The molecule has 1 aliphatic rings. The molecular formula is C10H15F3O.